The van der Waals surface area contributed by atoms with Crippen LogP contribution in [0.4, 0.5) is 19.0 Å². The average molecular weight is 317 g/mol. The van der Waals surface area contributed by atoms with Crippen LogP contribution in [0.2, 0.25) is 0 Å². The van der Waals surface area contributed by atoms with Gasteiger partial charge in [0.15, 0.2) is 11.5 Å². The predicted molar refractivity (Wildman–Crippen MR) is 75.0 cm³/mol. The number of aryl methyl sites for hydroxylation is 1. The summed E-state index contributed by atoms with van der Waals surface area (Å²) in [6.45, 7) is 6.97. The standard InChI is InChI=1S/C13H18F3N5O/c1-5-22-7-6-20(4)11-9(3)8(2)10-17-18-12(13(14,15)16)21(10)19-11/h5-7H2,1-4H3. The number of fused-ring (bicyclic) bond motifs is 1. The van der Waals surface area contributed by atoms with Gasteiger partial charge in [-0.3, -0.25) is 0 Å². The molecule has 0 atom stereocenters. The molecular weight excluding hydrogens is 299 g/mol. The van der Waals surface area contributed by atoms with E-state index in [1.54, 1.807) is 25.8 Å². The van der Waals surface area contributed by atoms with Crippen molar-refractivity contribution in [2.75, 3.05) is 31.7 Å². The highest BCUT2D eigenvalue weighted by molar-refractivity contribution is 5.59. The van der Waals surface area contributed by atoms with Crippen LogP contribution in [-0.4, -0.2) is 46.6 Å². The van der Waals surface area contributed by atoms with Crippen LogP contribution >= 0.6 is 0 Å². The fraction of sp³-hybridized carbons (Fsp3) is 0.615. The van der Waals surface area contributed by atoms with Crippen molar-refractivity contribution in [3.63, 3.8) is 0 Å². The molecule has 2 aromatic heterocycles. The van der Waals surface area contributed by atoms with Gasteiger partial charge in [0.1, 0.15) is 0 Å². The predicted octanol–water partition coefficient (Wildman–Crippen LogP) is 2.23. The van der Waals surface area contributed by atoms with E-state index in [1.165, 1.54) is 0 Å². The van der Waals surface area contributed by atoms with Gasteiger partial charge in [-0.05, 0) is 20.8 Å². The van der Waals surface area contributed by atoms with Crippen LogP contribution in [-0.2, 0) is 10.9 Å². The molecule has 2 aromatic rings. The van der Waals surface area contributed by atoms with Gasteiger partial charge in [-0.2, -0.15) is 17.7 Å². The van der Waals surface area contributed by atoms with Crippen LogP contribution in [0, 0.1) is 13.8 Å². The summed E-state index contributed by atoms with van der Waals surface area (Å²) in [7, 11) is 1.76. The van der Waals surface area contributed by atoms with Gasteiger partial charge >= 0.3 is 6.18 Å². The van der Waals surface area contributed by atoms with Crippen LogP contribution in [0.25, 0.3) is 5.65 Å². The molecule has 0 radical (unpaired) electrons. The topological polar surface area (TPSA) is 55.5 Å². The van der Waals surface area contributed by atoms with Crippen molar-refractivity contribution >= 4 is 11.5 Å². The van der Waals surface area contributed by atoms with Gasteiger partial charge in [-0.15, -0.1) is 15.3 Å². The Hall–Kier alpha value is -1.90. The molecule has 0 saturated carbocycles. The van der Waals surface area contributed by atoms with Crippen molar-refractivity contribution in [1.82, 2.24) is 19.8 Å². The second kappa shape index (κ2) is 6.07. The molecule has 0 aromatic carbocycles. The summed E-state index contributed by atoms with van der Waals surface area (Å²) in [6.07, 6.45) is -4.60. The van der Waals surface area contributed by atoms with Crippen molar-refractivity contribution in [3.8, 4) is 0 Å². The van der Waals surface area contributed by atoms with Crippen molar-refractivity contribution in [3.05, 3.63) is 17.0 Å². The zero-order valence-electron chi connectivity index (χ0n) is 12.9. The van der Waals surface area contributed by atoms with E-state index in [0.717, 1.165) is 10.1 Å². The zero-order chi connectivity index (χ0) is 16.5. The monoisotopic (exact) mass is 317 g/mol. The molecule has 122 valence electrons. The minimum absolute atomic E-state index is 0.117. The van der Waals surface area contributed by atoms with Gasteiger partial charge < -0.3 is 9.64 Å². The summed E-state index contributed by atoms with van der Waals surface area (Å²) in [5.74, 6) is -0.667. The number of aromatic nitrogens is 4. The highest BCUT2D eigenvalue weighted by Gasteiger charge is 2.38. The Bertz CT molecular complexity index is 668. The molecule has 22 heavy (non-hydrogen) atoms. The lowest BCUT2D eigenvalue weighted by Crippen LogP contribution is -2.26. The third-order valence-electron chi connectivity index (χ3n) is 3.46. The minimum Gasteiger partial charge on any atom is -0.380 e. The summed E-state index contributed by atoms with van der Waals surface area (Å²) in [6, 6.07) is 0. The Morgan fingerprint density at radius 3 is 2.45 bits per heavy atom. The summed E-state index contributed by atoms with van der Waals surface area (Å²) in [4.78, 5) is 1.76. The van der Waals surface area contributed by atoms with E-state index in [2.05, 4.69) is 15.3 Å². The molecule has 0 aliphatic rings. The van der Waals surface area contributed by atoms with Crippen LogP contribution in [0.5, 0.6) is 0 Å². The highest BCUT2D eigenvalue weighted by atomic mass is 19.4. The number of likely N-dealkylation sites (N-methyl/N-ethyl adjacent to an activating group) is 1. The molecule has 0 amide bonds. The second-order valence-electron chi connectivity index (χ2n) is 4.95. The van der Waals surface area contributed by atoms with Crippen LogP contribution < -0.4 is 4.90 Å². The molecule has 9 heteroatoms. The number of nitrogens with zero attached hydrogens (tertiary/aromatic N) is 5. The number of alkyl halides is 3. The first-order valence-corrected chi connectivity index (χ1v) is 6.86. The van der Waals surface area contributed by atoms with Crippen molar-refractivity contribution < 1.29 is 17.9 Å². The van der Waals surface area contributed by atoms with Crippen molar-refractivity contribution in [2.45, 2.75) is 26.9 Å². The van der Waals surface area contributed by atoms with Gasteiger partial charge in [0.25, 0.3) is 5.82 Å². The zero-order valence-corrected chi connectivity index (χ0v) is 12.9. The number of hydrogen-bond acceptors (Lipinski definition) is 5. The maximum atomic E-state index is 13.0. The Labute approximate surface area is 125 Å². The van der Waals surface area contributed by atoms with E-state index in [-0.39, 0.29) is 5.65 Å². The number of anilines is 1. The van der Waals surface area contributed by atoms with Gasteiger partial charge in [-0.1, -0.05) is 0 Å². The fourth-order valence-corrected chi connectivity index (χ4v) is 2.10. The smallest absolute Gasteiger partial charge is 0.380 e. The first-order chi connectivity index (χ1) is 10.3. The molecule has 0 spiro atoms. The van der Waals surface area contributed by atoms with Crippen LogP contribution in [0.15, 0.2) is 0 Å². The minimum atomic E-state index is -4.60. The highest BCUT2D eigenvalue weighted by Crippen LogP contribution is 2.30. The van der Waals surface area contributed by atoms with E-state index in [4.69, 9.17) is 4.74 Å². The summed E-state index contributed by atoms with van der Waals surface area (Å²) in [5, 5.41) is 10.9. The SMILES string of the molecule is CCOCCN(C)c1nn2c(C(F)(F)F)nnc2c(C)c1C. The largest absolute Gasteiger partial charge is 0.453 e. The molecule has 2 heterocycles. The number of ether oxygens (including phenoxy) is 1. The summed E-state index contributed by atoms with van der Waals surface area (Å²) < 4.78 is 44.9. The molecule has 6 nitrogen and oxygen atoms in total. The van der Waals surface area contributed by atoms with Crippen LogP contribution in [0.3, 0.4) is 0 Å². The van der Waals surface area contributed by atoms with E-state index in [0.29, 0.717) is 31.1 Å². The fourth-order valence-electron chi connectivity index (χ4n) is 2.10. The van der Waals surface area contributed by atoms with Gasteiger partial charge in [0, 0.05) is 31.3 Å². The normalized spacial score (nSPS) is 12.1. The molecule has 0 bridgehead atoms. The molecule has 0 unspecified atom stereocenters. The molecule has 0 aliphatic carbocycles. The van der Waals surface area contributed by atoms with E-state index < -0.39 is 12.0 Å². The van der Waals surface area contributed by atoms with E-state index in [1.807, 2.05) is 6.92 Å². The molecule has 0 aliphatic heterocycles. The number of halogens is 3. The average Bonchev–Trinajstić information content (AvgIpc) is 2.86. The van der Waals surface area contributed by atoms with E-state index in [9.17, 15) is 13.2 Å². The summed E-state index contributed by atoms with van der Waals surface area (Å²) in [5.41, 5.74) is 1.51. The van der Waals surface area contributed by atoms with Crippen LogP contribution in [0.1, 0.15) is 23.9 Å². The molecule has 0 N–H and O–H groups in total. The first-order valence-electron chi connectivity index (χ1n) is 6.86. The summed E-state index contributed by atoms with van der Waals surface area (Å²) >= 11 is 0. The van der Waals surface area contributed by atoms with Gasteiger partial charge in [0.2, 0.25) is 0 Å². The Morgan fingerprint density at radius 2 is 1.86 bits per heavy atom. The quantitative estimate of drug-likeness (QED) is 0.792. The third-order valence-corrected chi connectivity index (χ3v) is 3.46. The third kappa shape index (κ3) is 2.99. The number of rotatable bonds is 5. The number of hydrogen-bond donors (Lipinski definition) is 0. The van der Waals surface area contributed by atoms with Gasteiger partial charge in [-0.25, -0.2) is 0 Å². The Balaban J connectivity index is 2.48. The van der Waals surface area contributed by atoms with Crippen molar-refractivity contribution in [2.24, 2.45) is 0 Å². The van der Waals surface area contributed by atoms with E-state index >= 15 is 0 Å². The second-order valence-corrected chi connectivity index (χ2v) is 4.95. The lowest BCUT2D eigenvalue weighted by atomic mass is 10.2. The first kappa shape index (κ1) is 16.5. The lowest BCUT2D eigenvalue weighted by molar-refractivity contribution is -0.146. The lowest BCUT2D eigenvalue weighted by Gasteiger charge is -2.21. The Morgan fingerprint density at radius 1 is 1.18 bits per heavy atom. The molecule has 0 fully saturated rings. The van der Waals surface area contributed by atoms with Crippen molar-refractivity contribution in [1.29, 1.82) is 0 Å². The molecule has 2 rings (SSSR count). The maximum Gasteiger partial charge on any atom is 0.453 e. The maximum absolute atomic E-state index is 13.0. The molecular formula is C13H18F3N5O. The van der Waals surface area contributed by atoms with Gasteiger partial charge in [0.05, 0.1) is 6.61 Å². The molecule has 0 saturated heterocycles. The Kier molecular flexibility index (Phi) is 4.55.